The third-order valence-electron chi connectivity index (χ3n) is 2.62. The number of carbonyl (C=O) groups is 2. The van der Waals surface area contributed by atoms with Crippen LogP contribution in [0.1, 0.15) is 13.8 Å². The Balaban J connectivity index is 2.14. The van der Waals surface area contributed by atoms with Crippen molar-refractivity contribution in [2.75, 3.05) is 10.6 Å². The van der Waals surface area contributed by atoms with Crippen molar-refractivity contribution in [2.24, 2.45) is 0 Å². The van der Waals surface area contributed by atoms with E-state index in [2.05, 4.69) is 22.8 Å². The minimum absolute atomic E-state index is 0.0424. The molecule has 2 rings (SSSR count). The van der Waals surface area contributed by atoms with E-state index in [1.165, 1.54) is 21.1 Å². The Morgan fingerprint density at radius 2 is 1.09 bits per heavy atom. The summed E-state index contributed by atoms with van der Waals surface area (Å²) in [6.45, 7) is 3.06. The molecule has 0 fully saturated rings. The van der Waals surface area contributed by atoms with Crippen molar-refractivity contribution >= 4 is 64.5 Å². The summed E-state index contributed by atoms with van der Waals surface area (Å²) in [6, 6.07) is 16.0. The molecule has 2 aromatic rings. The van der Waals surface area contributed by atoms with Crippen molar-refractivity contribution in [2.45, 2.75) is 13.8 Å². The first-order valence-corrected chi connectivity index (χ1v) is 16.3. The molecule has 0 aliphatic heterocycles. The Morgan fingerprint density at radius 1 is 0.727 bits per heavy atom. The van der Waals surface area contributed by atoms with Crippen LogP contribution < -0.4 is 17.9 Å². The SMILES string of the molecule is CC(=O)Nc1ccccc1[Te][Te]c1ccccc1NC(C)=O. The molecule has 0 unspecified atom stereocenters. The number of nitrogens with one attached hydrogen (secondary N) is 2. The first-order valence-electron chi connectivity index (χ1n) is 6.64. The van der Waals surface area contributed by atoms with Gasteiger partial charge in [0.25, 0.3) is 0 Å². The second-order valence-electron chi connectivity index (χ2n) is 4.52. The summed E-state index contributed by atoms with van der Waals surface area (Å²) < 4.78 is 2.53. The Kier molecular flexibility index (Phi) is 6.73. The van der Waals surface area contributed by atoms with Gasteiger partial charge in [-0.05, 0) is 0 Å². The van der Waals surface area contributed by atoms with Crippen LogP contribution >= 0.6 is 0 Å². The van der Waals surface area contributed by atoms with Crippen molar-refractivity contribution in [3.05, 3.63) is 48.5 Å². The van der Waals surface area contributed by atoms with Crippen LogP contribution in [0, 0.1) is 0 Å². The molecule has 0 aliphatic carbocycles. The second-order valence-corrected chi connectivity index (χ2v) is 14.4. The van der Waals surface area contributed by atoms with Crippen molar-refractivity contribution < 1.29 is 9.59 Å². The van der Waals surface area contributed by atoms with Crippen LogP contribution in [0.2, 0.25) is 0 Å². The van der Waals surface area contributed by atoms with Crippen molar-refractivity contribution in [1.82, 2.24) is 0 Å². The number of carbonyl (C=O) groups excluding carboxylic acids is 2. The molecule has 0 saturated heterocycles. The number of hydrogen-bond acceptors (Lipinski definition) is 2. The van der Waals surface area contributed by atoms with Gasteiger partial charge in [0.05, 0.1) is 0 Å². The van der Waals surface area contributed by atoms with Crippen molar-refractivity contribution in [3.63, 3.8) is 0 Å². The molecular weight excluding hydrogens is 507 g/mol. The van der Waals surface area contributed by atoms with Gasteiger partial charge in [-0.3, -0.25) is 0 Å². The summed E-state index contributed by atoms with van der Waals surface area (Å²) in [4.78, 5) is 22.6. The number of para-hydroxylation sites is 2. The van der Waals surface area contributed by atoms with Gasteiger partial charge in [0.2, 0.25) is 0 Å². The predicted molar refractivity (Wildman–Crippen MR) is 92.3 cm³/mol. The molecule has 114 valence electrons. The fourth-order valence-corrected chi connectivity index (χ4v) is 13.2. The maximum absolute atomic E-state index is 11.3. The van der Waals surface area contributed by atoms with Gasteiger partial charge in [-0.2, -0.15) is 0 Å². The molecule has 0 saturated carbocycles. The van der Waals surface area contributed by atoms with Gasteiger partial charge >= 0.3 is 147 Å². The average Bonchev–Trinajstić information content (AvgIpc) is 2.46. The molecule has 2 aromatic carbocycles. The van der Waals surface area contributed by atoms with E-state index in [0.717, 1.165) is 11.4 Å². The van der Waals surface area contributed by atoms with Crippen LogP contribution in [0.25, 0.3) is 0 Å². The van der Waals surface area contributed by atoms with Gasteiger partial charge < -0.3 is 0 Å². The summed E-state index contributed by atoms with van der Waals surface area (Å²) in [5.41, 5.74) is 1.86. The fourth-order valence-electron chi connectivity index (χ4n) is 1.75. The zero-order valence-electron chi connectivity index (χ0n) is 12.3. The molecular formula is C16H16N2O2Te2. The van der Waals surface area contributed by atoms with Crippen LogP contribution in [0.3, 0.4) is 0 Å². The molecule has 2 N–H and O–H groups in total. The first kappa shape index (κ1) is 17.3. The Hall–Kier alpha value is -1.04. The van der Waals surface area contributed by atoms with E-state index in [9.17, 15) is 9.59 Å². The Bertz CT molecular complexity index is 630. The molecule has 0 bridgehead atoms. The third-order valence-corrected chi connectivity index (χ3v) is 14.4. The number of rotatable bonds is 5. The van der Waals surface area contributed by atoms with Crippen LogP contribution in [0.15, 0.2) is 48.5 Å². The number of amides is 2. The molecule has 0 aliphatic rings. The summed E-state index contributed by atoms with van der Waals surface area (Å²) in [5.74, 6) is -0.0849. The van der Waals surface area contributed by atoms with Crippen LogP contribution in [-0.2, 0) is 9.59 Å². The zero-order valence-corrected chi connectivity index (χ0v) is 16.9. The summed E-state index contributed by atoms with van der Waals surface area (Å²) in [7, 11) is 0. The van der Waals surface area contributed by atoms with Gasteiger partial charge in [0, 0.05) is 0 Å². The van der Waals surface area contributed by atoms with E-state index in [1.807, 2.05) is 36.4 Å². The zero-order chi connectivity index (χ0) is 15.9. The molecule has 0 aromatic heterocycles. The second kappa shape index (κ2) is 8.55. The Labute approximate surface area is 146 Å². The fraction of sp³-hybridized carbons (Fsp3) is 0.125. The molecule has 6 heteroatoms. The van der Waals surface area contributed by atoms with Gasteiger partial charge in [-0.25, -0.2) is 0 Å². The van der Waals surface area contributed by atoms with E-state index < -0.39 is 0 Å². The molecule has 0 spiro atoms. The van der Waals surface area contributed by atoms with E-state index in [0.29, 0.717) is 0 Å². The van der Waals surface area contributed by atoms with Crippen LogP contribution in [0.4, 0.5) is 11.4 Å². The van der Waals surface area contributed by atoms with E-state index in [4.69, 9.17) is 0 Å². The minimum atomic E-state index is -0.384. The third kappa shape index (κ3) is 5.30. The van der Waals surface area contributed by atoms with Gasteiger partial charge in [-0.15, -0.1) is 0 Å². The molecule has 4 nitrogen and oxygen atoms in total. The van der Waals surface area contributed by atoms with Gasteiger partial charge in [0.15, 0.2) is 0 Å². The van der Waals surface area contributed by atoms with Crippen molar-refractivity contribution in [1.29, 1.82) is 0 Å². The average molecular weight is 524 g/mol. The predicted octanol–water partition coefficient (Wildman–Crippen LogP) is 0.878. The molecule has 2 amide bonds. The summed E-state index contributed by atoms with van der Waals surface area (Å²) in [6.07, 6.45) is 0. The summed E-state index contributed by atoms with van der Waals surface area (Å²) >= 11 is -0.768. The standard InChI is InChI=1S/C16H16N2O2Te2/c1-11(19)17-13-7-3-5-9-15(13)21-22-16-10-6-4-8-14(16)18-12(2)20/h3-10H,1-2H3,(H,17,19)(H,18,20). The van der Waals surface area contributed by atoms with E-state index in [1.54, 1.807) is 0 Å². The van der Waals surface area contributed by atoms with Crippen LogP contribution in [0.5, 0.6) is 0 Å². The van der Waals surface area contributed by atoms with Gasteiger partial charge in [0.1, 0.15) is 0 Å². The molecule has 0 heterocycles. The maximum atomic E-state index is 11.3. The first-order chi connectivity index (χ1) is 10.6. The molecule has 0 atom stereocenters. The number of anilines is 2. The van der Waals surface area contributed by atoms with Gasteiger partial charge in [-0.1, -0.05) is 0 Å². The van der Waals surface area contributed by atoms with Crippen molar-refractivity contribution in [3.8, 4) is 0 Å². The monoisotopic (exact) mass is 528 g/mol. The normalized spacial score (nSPS) is 10.1. The topological polar surface area (TPSA) is 58.2 Å². The van der Waals surface area contributed by atoms with E-state index in [-0.39, 0.29) is 45.9 Å². The molecule has 0 radical (unpaired) electrons. The quantitative estimate of drug-likeness (QED) is 0.572. The van der Waals surface area contributed by atoms with Crippen LogP contribution in [-0.4, -0.2) is 45.9 Å². The molecule has 22 heavy (non-hydrogen) atoms. The van der Waals surface area contributed by atoms with E-state index >= 15 is 0 Å². The Morgan fingerprint density at radius 3 is 1.45 bits per heavy atom. The number of hydrogen-bond donors (Lipinski definition) is 2. The number of benzene rings is 2. The summed E-state index contributed by atoms with van der Waals surface area (Å²) in [5, 5.41) is 5.80.